The van der Waals surface area contributed by atoms with Crippen molar-refractivity contribution >= 4 is 81.5 Å². The summed E-state index contributed by atoms with van der Waals surface area (Å²) in [5.74, 6) is 0.328. The van der Waals surface area contributed by atoms with Gasteiger partial charge in [0.05, 0.1) is 37.3 Å². The van der Waals surface area contributed by atoms with Crippen LogP contribution >= 0.6 is 0 Å². The Balaban J connectivity index is 0.000000210. The number of hydrogen-bond acceptors (Lipinski definition) is 12. The van der Waals surface area contributed by atoms with E-state index in [1.165, 1.54) is 12.2 Å². The van der Waals surface area contributed by atoms with Crippen molar-refractivity contribution < 1.29 is 28.8 Å². The molecule has 8 amide bonds. The number of amidine groups is 2. The van der Waals surface area contributed by atoms with Gasteiger partial charge in [0.25, 0.3) is 11.8 Å². The molecule has 0 bridgehead atoms. The minimum absolute atomic E-state index is 0.0222. The summed E-state index contributed by atoms with van der Waals surface area (Å²) < 4.78 is 0. The summed E-state index contributed by atoms with van der Waals surface area (Å²) in [4.78, 5) is 94.7. The van der Waals surface area contributed by atoms with Crippen LogP contribution < -0.4 is 37.2 Å². The number of benzene rings is 4. The molecular weight excluding hydrogens is 1010 g/mol. The fraction of sp³-hybridized carbons (Fsp3) is 0.333. The van der Waals surface area contributed by atoms with Gasteiger partial charge in [-0.25, -0.2) is 9.59 Å². The molecule has 80 heavy (non-hydrogen) atoms. The molecule has 0 aromatic heterocycles. The predicted molar refractivity (Wildman–Crippen MR) is 318 cm³/mol. The quantitative estimate of drug-likeness (QED) is 0.0650. The van der Waals surface area contributed by atoms with Crippen molar-refractivity contribution in [3.63, 3.8) is 0 Å². The number of nitrogens with zero attached hydrogens (tertiary/aromatic N) is 7. The van der Waals surface area contributed by atoms with Crippen LogP contribution in [0.1, 0.15) is 55.3 Å². The van der Waals surface area contributed by atoms with Gasteiger partial charge in [-0.1, -0.05) is 25.3 Å². The van der Waals surface area contributed by atoms with Crippen molar-refractivity contribution in [1.82, 2.24) is 29.8 Å². The minimum Gasteiger partial charge on any atom is -0.340 e. The van der Waals surface area contributed by atoms with E-state index >= 15 is 0 Å². The topological polar surface area (TPSA) is 228 Å². The third-order valence-corrected chi connectivity index (χ3v) is 14.8. The van der Waals surface area contributed by atoms with Gasteiger partial charge in [0, 0.05) is 95.2 Å². The number of urea groups is 2. The molecule has 0 spiro atoms. The van der Waals surface area contributed by atoms with Gasteiger partial charge in [0.1, 0.15) is 11.7 Å². The molecule has 1 atom stereocenters. The summed E-state index contributed by atoms with van der Waals surface area (Å²) in [5.41, 5.74) is 8.39. The SMILES string of the molecule is C=CC(=O)Nc1ccc(C(=O)Nc2cccc(NC3=NCC4=C3CN(C(=O)N3CCN(C)CC3)C4(C)C)c2)cc1.C=CC(=O)Nc1ccc(C(=O)Nc2cccc(NC3=NCC4=C3CN(C(=O)NC(C)CN(C)C)C4(C)C)c2)cc1. The van der Waals surface area contributed by atoms with Gasteiger partial charge in [-0.3, -0.25) is 29.2 Å². The van der Waals surface area contributed by atoms with Gasteiger partial charge in [0.2, 0.25) is 11.8 Å². The van der Waals surface area contributed by atoms with Crippen LogP contribution in [0.25, 0.3) is 0 Å². The van der Waals surface area contributed by atoms with E-state index in [2.05, 4.69) is 90.0 Å². The summed E-state index contributed by atoms with van der Waals surface area (Å²) in [6, 6.07) is 28.1. The normalized spacial score (nSPS) is 17.2. The van der Waals surface area contributed by atoms with Crippen molar-refractivity contribution in [1.29, 1.82) is 0 Å². The lowest BCUT2D eigenvalue weighted by molar-refractivity contribution is -0.112. The summed E-state index contributed by atoms with van der Waals surface area (Å²) in [5, 5.41) is 21.1. The van der Waals surface area contributed by atoms with Gasteiger partial charge < -0.3 is 61.7 Å². The summed E-state index contributed by atoms with van der Waals surface area (Å²) >= 11 is 0. The van der Waals surface area contributed by atoms with Crippen molar-refractivity contribution in [2.24, 2.45) is 9.98 Å². The summed E-state index contributed by atoms with van der Waals surface area (Å²) in [6.45, 7) is 23.2. The van der Waals surface area contributed by atoms with E-state index in [1.807, 2.05) is 89.1 Å². The first kappa shape index (κ1) is 57.3. The van der Waals surface area contributed by atoms with Crippen LogP contribution in [-0.4, -0.2) is 169 Å². The monoisotopic (exact) mass is 1080 g/mol. The van der Waals surface area contributed by atoms with Crippen LogP contribution in [0.4, 0.5) is 43.7 Å². The molecule has 0 aliphatic carbocycles. The molecule has 5 aliphatic rings. The third-order valence-electron chi connectivity index (χ3n) is 14.8. The van der Waals surface area contributed by atoms with Crippen LogP contribution in [0, 0.1) is 0 Å². The molecule has 20 nitrogen and oxygen atoms in total. The number of nitrogens with one attached hydrogen (secondary N) is 7. The lowest BCUT2D eigenvalue weighted by Gasteiger charge is -2.40. The van der Waals surface area contributed by atoms with Crippen LogP contribution in [0.2, 0.25) is 0 Å². The lowest BCUT2D eigenvalue weighted by Crippen LogP contribution is -2.56. The van der Waals surface area contributed by atoms with E-state index in [-0.39, 0.29) is 41.7 Å². The number of anilines is 6. The fourth-order valence-corrected chi connectivity index (χ4v) is 10.2. The molecule has 5 heterocycles. The van der Waals surface area contributed by atoms with E-state index in [0.717, 1.165) is 78.1 Å². The van der Waals surface area contributed by atoms with Crippen molar-refractivity contribution in [2.45, 2.75) is 51.7 Å². The van der Waals surface area contributed by atoms with Crippen molar-refractivity contribution in [2.75, 3.05) is 112 Å². The average molecular weight is 1090 g/mol. The van der Waals surface area contributed by atoms with E-state index in [9.17, 15) is 28.8 Å². The van der Waals surface area contributed by atoms with E-state index in [0.29, 0.717) is 60.1 Å². The highest BCUT2D eigenvalue weighted by molar-refractivity contribution is 6.13. The molecule has 1 fully saturated rings. The number of carbonyl (C=O) groups excluding carboxylic acids is 6. The van der Waals surface area contributed by atoms with Gasteiger partial charge in [-0.15, -0.1) is 0 Å². The molecule has 5 aliphatic heterocycles. The number of rotatable bonds is 13. The molecule has 0 radical (unpaired) electrons. The number of hydrogen-bond donors (Lipinski definition) is 7. The zero-order valence-electron chi connectivity index (χ0n) is 46.8. The number of piperazine rings is 1. The summed E-state index contributed by atoms with van der Waals surface area (Å²) in [7, 11) is 6.05. The number of carbonyl (C=O) groups is 6. The Morgan fingerprint density at radius 2 is 1.02 bits per heavy atom. The van der Waals surface area contributed by atoms with Gasteiger partial charge in [0.15, 0.2) is 0 Å². The zero-order chi connectivity index (χ0) is 57.5. The Labute approximate surface area is 467 Å². The Hall–Kier alpha value is -8.88. The van der Waals surface area contributed by atoms with Gasteiger partial charge >= 0.3 is 12.1 Å². The molecule has 7 N–H and O–H groups in total. The van der Waals surface area contributed by atoms with E-state index < -0.39 is 11.1 Å². The largest absolute Gasteiger partial charge is 0.340 e. The Morgan fingerprint density at radius 1 is 0.600 bits per heavy atom. The van der Waals surface area contributed by atoms with Crippen molar-refractivity contribution in [3.8, 4) is 0 Å². The minimum atomic E-state index is -0.454. The van der Waals surface area contributed by atoms with Gasteiger partial charge in [-0.05, 0) is 164 Å². The first-order valence-corrected chi connectivity index (χ1v) is 26.6. The smallest absolute Gasteiger partial charge is 0.321 e. The molecule has 1 unspecified atom stereocenters. The van der Waals surface area contributed by atoms with E-state index in [1.54, 1.807) is 48.5 Å². The van der Waals surface area contributed by atoms with Crippen molar-refractivity contribution in [3.05, 3.63) is 156 Å². The molecule has 1 saturated heterocycles. The fourth-order valence-electron chi connectivity index (χ4n) is 10.2. The third kappa shape index (κ3) is 13.3. The van der Waals surface area contributed by atoms with Gasteiger partial charge in [-0.2, -0.15) is 0 Å². The first-order valence-electron chi connectivity index (χ1n) is 26.6. The predicted octanol–water partition coefficient (Wildman–Crippen LogP) is 7.58. The Morgan fingerprint density at radius 3 is 1.46 bits per heavy atom. The maximum absolute atomic E-state index is 13.4. The molecule has 20 heteroatoms. The molecular formula is C60H72N14O6. The summed E-state index contributed by atoms with van der Waals surface area (Å²) in [6.07, 6.45) is 2.37. The highest BCUT2D eigenvalue weighted by atomic mass is 16.2. The second kappa shape index (κ2) is 24.4. The Kier molecular flexibility index (Phi) is 17.5. The van der Waals surface area contributed by atoms with Crippen LogP contribution in [-0.2, 0) is 9.59 Å². The number of aliphatic imine (C=N–C) groups is 2. The maximum atomic E-state index is 13.4. The highest BCUT2D eigenvalue weighted by Crippen LogP contribution is 2.40. The average Bonchev–Trinajstić information content (AvgIpc) is 4.19. The van der Waals surface area contributed by atoms with Crippen LogP contribution in [0.15, 0.2) is 155 Å². The molecule has 0 saturated carbocycles. The molecule has 4 aromatic rings. The zero-order valence-corrected chi connectivity index (χ0v) is 46.8. The Bertz CT molecular complexity index is 3200. The number of amides is 8. The number of likely N-dealkylation sites (N-methyl/N-ethyl adjacent to an activating group) is 2. The van der Waals surface area contributed by atoms with Crippen LogP contribution in [0.5, 0.6) is 0 Å². The standard InChI is InChI=1S/C30H35N7O3.C30H37N7O3/c1-5-26(38)32-21-11-9-20(10-12-21)28(39)34-23-8-6-7-22(17-23)33-27-24-19-37(30(2,3)25(24)18-31-27)29(40)36-15-13-35(4)14-16-36;1-7-26(38)33-21-13-11-20(12-14-21)28(39)35-23-10-8-9-22(15-23)34-27-24-18-37(30(3,4)25(24)16-31-27)29(40)32-19(2)17-36(5)6/h5-12,17H,1,13-16,18-19H2,2-4H3,(H,31,33)(H,32,38)(H,34,39);7-15,19H,1,16-18H2,2-6H3,(H,31,34)(H,32,40)(H,33,38)(H,35,39). The molecule has 9 rings (SSSR count). The maximum Gasteiger partial charge on any atom is 0.321 e. The second-order valence-electron chi connectivity index (χ2n) is 21.6. The second-order valence-corrected chi connectivity index (χ2v) is 21.6. The van der Waals surface area contributed by atoms with E-state index in [4.69, 9.17) is 9.98 Å². The molecule has 4 aromatic carbocycles. The highest BCUT2D eigenvalue weighted by Gasteiger charge is 2.47. The van der Waals surface area contributed by atoms with Crippen LogP contribution in [0.3, 0.4) is 0 Å². The first-order chi connectivity index (χ1) is 38.1. The lowest BCUT2D eigenvalue weighted by atomic mass is 9.94. The molecule has 418 valence electrons.